The van der Waals surface area contributed by atoms with Crippen LogP contribution in [0.25, 0.3) is 10.9 Å². The lowest BCUT2D eigenvalue weighted by atomic mass is 10.1. The summed E-state index contributed by atoms with van der Waals surface area (Å²) < 4.78 is 6.87. The van der Waals surface area contributed by atoms with Gasteiger partial charge in [-0.15, -0.1) is 10.2 Å². The van der Waals surface area contributed by atoms with Crippen molar-refractivity contribution in [2.75, 3.05) is 17.7 Å². The summed E-state index contributed by atoms with van der Waals surface area (Å²) in [4.78, 5) is 36.2. The second kappa shape index (κ2) is 8.31. The van der Waals surface area contributed by atoms with E-state index in [2.05, 4.69) is 15.5 Å². The minimum absolute atomic E-state index is 0.121. The number of anilines is 1. The first-order valence-corrected chi connectivity index (χ1v) is 9.82. The Bertz CT molecular complexity index is 1060. The predicted octanol–water partition coefficient (Wildman–Crippen LogP) is 2.30. The number of ether oxygens (including phenoxy) is 1. The van der Waals surface area contributed by atoms with Crippen LogP contribution < -0.4 is 10.9 Å². The molecule has 0 saturated heterocycles. The quantitative estimate of drug-likeness (QED) is 0.382. The van der Waals surface area contributed by atoms with E-state index >= 15 is 0 Å². The first-order valence-electron chi connectivity index (χ1n) is 8.01. The van der Waals surface area contributed by atoms with E-state index in [1.165, 1.54) is 22.4 Å². The van der Waals surface area contributed by atoms with Crippen LogP contribution in [-0.4, -0.2) is 39.0 Å². The molecule has 0 aliphatic heterocycles. The number of esters is 1. The standard InChI is InChI=1S/C17H16N4O4S2/c1-3-25-14(23)9-26-17-20-19-16(27-17)18-15(24)11-8-13(22)21(2)12-7-5-4-6-10(11)12/h4-8H,3,9H2,1-2H3,(H,18,19,24). The zero-order chi connectivity index (χ0) is 19.4. The number of rotatable bonds is 6. The Hall–Kier alpha value is -2.72. The van der Waals surface area contributed by atoms with E-state index in [1.807, 2.05) is 0 Å². The van der Waals surface area contributed by atoms with Crippen LogP contribution >= 0.6 is 23.1 Å². The number of para-hydroxylation sites is 1. The SMILES string of the molecule is CCOC(=O)CSc1nnc(NC(=O)c2cc(=O)n(C)c3ccccc23)s1. The van der Waals surface area contributed by atoms with Crippen molar-refractivity contribution >= 4 is 51.0 Å². The van der Waals surface area contributed by atoms with Crippen molar-refractivity contribution < 1.29 is 14.3 Å². The molecule has 140 valence electrons. The number of pyridine rings is 1. The third-order valence-electron chi connectivity index (χ3n) is 3.64. The molecule has 0 spiro atoms. The fraction of sp³-hybridized carbons (Fsp3) is 0.235. The number of carbonyl (C=O) groups excluding carboxylic acids is 2. The first-order chi connectivity index (χ1) is 13.0. The molecule has 10 heteroatoms. The number of hydrogen-bond acceptors (Lipinski definition) is 8. The van der Waals surface area contributed by atoms with Gasteiger partial charge in [0, 0.05) is 18.5 Å². The number of carbonyl (C=O) groups is 2. The van der Waals surface area contributed by atoms with Crippen LogP contribution in [0.3, 0.4) is 0 Å². The van der Waals surface area contributed by atoms with Gasteiger partial charge in [-0.2, -0.15) is 0 Å². The maximum atomic E-state index is 12.7. The Kier molecular flexibility index (Phi) is 5.87. The number of amides is 1. The van der Waals surface area contributed by atoms with Gasteiger partial charge in [-0.1, -0.05) is 41.3 Å². The smallest absolute Gasteiger partial charge is 0.316 e. The van der Waals surface area contributed by atoms with E-state index in [0.717, 1.165) is 11.3 Å². The summed E-state index contributed by atoms with van der Waals surface area (Å²) in [5.41, 5.74) is 0.657. The Balaban J connectivity index is 1.77. The molecule has 0 aliphatic carbocycles. The molecule has 0 bridgehead atoms. The molecule has 2 heterocycles. The third kappa shape index (κ3) is 4.34. The molecule has 27 heavy (non-hydrogen) atoms. The average Bonchev–Trinajstić information content (AvgIpc) is 3.10. The lowest BCUT2D eigenvalue weighted by molar-refractivity contribution is -0.139. The van der Waals surface area contributed by atoms with E-state index < -0.39 is 5.91 Å². The number of fused-ring (bicyclic) bond motifs is 1. The summed E-state index contributed by atoms with van der Waals surface area (Å²) in [6.45, 7) is 2.06. The molecule has 0 radical (unpaired) electrons. The van der Waals surface area contributed by atoms with Crippen LogP contribution in [0.5, 0.6) is 0 Å². The highest BCUT2D eigenvalue weighted by molar-refractivity contribution is 8.01. The normalized spacial score (nSPS) is 10.7. The summed E-state index contributed by atoms with van der Waals surface area (Å²) in [5.74, 6) is -0.660. The molecule has 8 nitrogen and oxygen atoms in total. The van der Waals surface area contributed by atoms with Crippen molar-refractivity contribution in [3.8, 4) is 0 Å². The molecule has 0 atom stereocenters. The molecule has 1 amide bonds. The van der Waals surface area contributed by atoms with Gasteiger partial charge in [0.2, 0.25) is 5.13 Å². The summed E-state index contributed by atoms with van der Waals surface area (Å²) >= 11 is 2.33. The summed E-state index contributed by atoms with van der Waals surface area (Å²) in [7, 11) is 1.66. The van der Waals surface area contributed by atoms with Crippen molar-refractivity contribution in [3.63, 3.8) is 0 Å². The van der Waals surface area contributed by atoms with Crippen LogP contribution in [0.15, 0.2) is 39.5 Å². The molecule has 0 saturated carbocycles. The van der Waals surface area contributed by atoms with Crippen molar-refractivity contribution in [1.29, 1.82) is 0 Å². The van der Waals surface area contributed by atoms with E-state index in [0.29, 0.717) is 21.8 Å². The topological polar surface area (TPSA) is 103 Å². The van der Waals surface area contributed by atoms with E-state index in [-0.39, 0.29) is 28.0 Å². The Morgan fingerprint density at radius 1 is 1.30 bits per heavy atom. The van der Waals surface area contributed by atoms with E-state index in [4.69, 9.17) is 4.74 Å². The number of benzene rings is 1. The average molecular weight is 404 g/mol. The molecular weight excluding hydrogens is 388 g/mol. The molecule has 0 aliphatic rings. The van der Waals surface area contributed by atoms with Crippen molar-refractivity contribution in [2.45, 2.75) is 11.3 Å². The van der Waals surface area contributed by atoms with Crippen molar-refractivity contribution in [1.82, 2.24) is 14.8 Å². The Labute approximate surface area is 162 Å². The van der Waals surface area contributed by atoms with Crippen LogP contribution in [-0.2, 0) is 16.6 Å². The van der Waals surface area contributed by atoms with Gasteiger partial charge in [-0.25, -0.2) is 0 Å². The van der Waals surface area contributed by atoms with Crippen LogP contribution in [0.4, 0.5) is 5.13 Å². The fourth-order valence-electron chi connectivity index (χ4n) is 2.40. The number of nitrogens with zero attached hydrogens (tertiary/aromatic N) is 3. The molecule has 0 fully saturated rings. The van der Waals surface area contributed by atoms with Gasteiger partial charge in [-0.05, 0) is 13.0 Å². The van der Waals surface area contributed by atoms with Crippen molar-refractivity contribution in [3.05, 3.63) is 46.2 Å². The minimum atomic E-state index is -0.443. The van der Waals surface area contributed by atoms with Gasteiger partial charge in [-0.3, -0.25) is 19.7 Å². The van der Waals surface area contributed by atoms with Gasteiger partial charge < -0.3 is 9.30 Å². The largest absolute Gasteiger partial charge is 0.465 e. The Morgan fingerprint density at radius 3 is 2.85 bits per heavy atom. The second-order valence-electron chi connectivity index (χ2n) is 5.39. The third-order valence-corrected chi connectivity index (χ3v) is 5.59. The number of thioether (sulfide) groups is 1. The van der Waals surface area contributed by atoms with Gasteiger partial charge >= 0.3 is 5.97 Å². The zero-order valence-electron chi connectivity index (χ0n) is 14.6. The molecule has 2 aromatic heterocycles. The summed E-state index contributed by atoms with van der Waals surface area (Å²) in [6, 6.07) is 8.47. The fourth-order valence-corrected chi connectivity index (χ4v) is 3.95. The van der Waals surface area contributed by atoms with Crippen molar-refractivity contribution in [2.24, 2.45) is 7.05 Å². The highest BCUT2D eigenvalue weighted by atomic mass is 32.2. The summed E-state index contributed by atoms with van der Waals surface area (Å²) in [6.07, 6.45) is 0. The minimum Gasteiger partial charge on any atom is -0.465 e. The second-order valence-corrected chi connectivity index (χ2v) is 7.59. The van der Waals surface area contributed by atoms with Gasteiger partial charge in [0.15, 0.2) is 4.34 Å². The number of aromatic nitrogens is 3. The molecule has 3 aromatic rings. The van der Waals surface area contributed by atoms with Gasteiger partial charge in [0.25, 0.3) is 11.5 Å². The van der Waals surface area contributed by atoms with Crippen LogP contribution in [0.2, 0.25) is 0 Å². The van der Waals surface area contributed by atoms with E-state index in [1.54, 1.807) is 38.2 Å². The maximum Gasteiger partial charge on any atom is 0.316 e. The van der Waals surface area contributed by atoms with Crippen LogP contribution in [0, 0.1) is 0 Å². The Morgan fingerprint density at radius 2 is 2.07 bits per heavy atom. The molecule has 0 unspecified atom stereocenters. The first kappa shape index (κ1) is 19.1. The lowest BCUT2D eigenvalue weighted by Crippen LogP contribution is -2.21. The summed E-state index contributed by atoms with van der Waals surface area (Å²) in [5, 5.41) is 11.4. The highest BCUT2D eigenvalue weighted by Crippen LogP contribution is 2.26. The highest BCUT2D eigenvalue weighted by Gasteiger charge is 2.16. The molecule has 1 N–H and O–H groups in total. The van der Waals surface area contributed by atoms with Gasteiger partial charge in [0.1, 0.15) is 0 Å². The van der Waals surface area contributed by atoms with E-state index in [9.17, 15) is 14.4 Å². The van der Waals surface area contributed by atoms with Crippen LogP contribution in [0.1, 0.15) is 17.3 Å². The number of aryl methyl sites for hydroxylation is 1. The molecule has 1 aromatic carbocycles. The van der Waals surface area contributed by atoms with Gasteiger partial charge in [0.05, 0.1) is 23.4 Å². The zero-order valence-corrected chi connectivity index (χ0v) is 16.2. The number of hydrogen-bond donors (Lipinski definition) is 1. The number of nitrogens with one attached hydrogen (secondary N) is 1. The molecule has 3 rings (SSSR count). The molecular formula is C17H16N4O4S2. The maximum absolute atomic E-state index is 12.7. The predicted molar refractivity (Wildman–Crippen MR) is 104 cm³/mol. The lowest BCUT2D eigenvalue weighted by Gasteiger charge is -2.09. The monoisotopic (exact) mass is 404 g/mol.